The molecule has 20 heavy (non-hydrogen) atoms. The normalized spacial score (nSPS) is 13.8. The van der Waals surface area contributed by atoms with E-state index in [-0.39, 0.29) is 12.2 Å². The van der Waals surface area contributed by atoms with E-state index in [9.17, 15) is 18.7 Å². The van der Waals surface area contributed by atoms with Crippen LogP contribution in [-0.4, -0.2) is 11.1 Å². The molecule has 4 heteroatoms. The fourth-order valence-electron chi connectivity index (χ4n) is 2.14. The molecule has 0 saturated heterocycles. The molecule has 0 heterocycles. The van der Waals surface area contributed by atoms with Crippen LogP contribution < -0.4 is 0 Å². The molecule has 1 N–H and O–H groups in total. The SMILES string of the molecule is CC(Cc1ccc(F)cc1)(C(=O)O)c1cccc(F)c1. The molecule has 104 valence electrons. The first-order chi connectivity index (χ1) is 9.41. The van der Waals surface area contributed by atoms with Gasteiger partial charge in [-0.3, -0.25) is 4.79 Å². The summed E-state index contributed by atoms with van der Waals surface area (Å²) >= 11 is 0. The minimum atomic E-state index is -1.26. The van der Waals surface area contributed by atoms with E-state index in [4.69, 9.17) is 0 Å². The fourth-order valence-corrected chi connectivity index (χ4v) is 2.14. The van der Waals surface area contributed by atoms with E-state index in [2.05, 4.69) is 0 Å². The maximum absolute atomic E-state index is 13.3. The molecule has 0 amide bonds. The zero-order valence-electron chi connectivity index (χ0n) is 10.9. The lowest BCUT2D eigenvalue weighted by atomic mass is 9.77. The molecule has 0 aliphatic heterocycles. The van der Waals surface area contributed by atoms with E-state index in [1.165, 1.54) is 49.4 Å². The average molecular weight is 276 g/mol. The molecule has 1 atom stereocenters. The van der Waals surface area contributed by atoms with Gasteiger partial charge in [0.15, 0.2) is 0 Å². The summed E-state index contributed by atoms with van der Waals surface area (Å²) < 4.78 is 26.2. The second kappa shape index (κ2) is 5.41. The van der Waals surface area contributed by atoms with Gasteiger partial charge in [0, 0.05) is 0 Å². The molecule has 0 aromatic heterocycles. The summed E-state index contributed by atoms with van der Waals surface area (Å²) in [4.78, 5) is 11.6. The van der Waals surface area contributed by atoms with Gasteiger partial charge in [-0.05, 0) is 48.7 Å². The first-order valence-electron chi connectivity index (χ1n) is 6.16. The molecule has 0 bridgehead atoms. The van der Waals surface area contributed by atoms with Crippen molar-refractivity contribution in [2.24, 2.45) is 0 Å². The number of carboxylic acids is 1. The Hall–Kier alpha value is -2.23. The van der Waals surface area contributed by atoms with Crippen molar-refractivity contribution < 1.29 is 18.7 Å². The molecule has 2 nitrogen and oxygen atoms in total. The van der Waals surface area contributed by atoms with Gasteiger partial charge < -0.3 is 5.11 Å². The van der Waals surface area contributed by atoms with Gasteiger partial charge in [0.2, 0.25) is 0 Å². The van der Waals surface area contributed by atoms with Gasteiger partial charge in [0.1, 0.15) is 11.6 Å². The highest BCUT2D eigenvalue weighted by Gasteiger charge is 2.35. The summed E-state index contributed by atoms with van der Waals surface area (Å²) in [6.45, 7) is 1.54. The number of hydrogen-bond donors (Lipinski definition) is 1. The smallest absolute Gasteiger partial charge is 0.314 e. The quantitative estimate of drug-likeness (QED) is 0.927. The second-order valence-corrected chi connectivity index (χ2v) is 4.95. The number of carbonyl (C=O) groups is 1. The number of carboxylic acid groups (broad SMARTS) is 1. The van der Waals surface area contributed by atoms with Crippen LogP contribution in [0.2, 0.25) is 0 Å². The summed E-state index contributed by atoms with van der Waals surface area (Å²) in [5.74, 6) is -1.90. The molecular formula is C16H14F2O2. The van der Waals surface area contributed by atoms with Gasteiger partial charge >= 0.3 is 5.97 Å². The average Bonchev–Trinajstić information content (AvgIpc) is 2.41. The third-order valence-electron chi connectivity index (χ3n) is 3.40. The summed E-state index contributed by atoms with van der Waals surface area (Å²) in [7, 11) is 0. The fraction of sp³-hybridized carbons (Fsp3) is 0.188. The first-order valence-corrected chi connectivity index (χ1v) is 6.16. The Morgan fingerprint density at radius 3 is 2.30 bits per heavy atom. The summed E-state index contributed by atoms with van der Waals surface area (Å²) in [6, 6.07) is 11.2. The number of halogens is 2. The Kier molecular flexibility index (Phi) is 3.84. The summed E-state index contributed by atoms with van der Waals surface area (Å²) in [5.41, 5.74) is -0.199. The van der Waals surface area contributed by atoms with Crippen LogP contribution in [0.15, 0.2) is 48.5 Å². The number of rotatable bonds is 4. The van der Waals surface area contributed by atoms with E-state index in [0.717, 1.165) is 0 Å². The van der Waals surface area contributed by atoms with Crippen molar-refractivity contribution in [2.45, 2.75) is 18.8 Å². The molecular weight excluding hydrogens is 262 g/mol. The highest BCUT2D eigenvalue weighted by molar-refractivity contribution is 5.81. The van der Waals surface area contributed by atoms with Gasteiger partial charge in [0.25, 0.3) is 0 Å². The predicted octanol–water partition coefficient (Wildman–Crippen LogP) is 3.55. The Labute approximate surface area is 115 Å². The van der Waals surface area contributed by atoms with Crippen LogP contribution in [0.4, 0.5) is 8.78 Å². The van der Waals surface area contributed by atoms with E-state index in [0.29, 0.717) is 11.1 Å². The van der Waals surface area contributed by atoms with E-state index >= 15 is 0 Å². The minimum Gasteiger partial charge on any atom is -0.481 e. The third-order valence-corrected chi connectivity index (χ3v) is 3.40. The standard InChI is InChI=1S/C16H14F2O2/c1-16(15(19)20,12-3-2-4-14(18)9-12)10-11-5-7-13(17)8-6-11/h2-9H,10H2,1H3,(H,19,20). The molecule has 2 aromatic rings. The molecule has 0 spiro atoms. The van der Waals surface area contributed by atoms with Crippen molar-refractivity contribution in [1.29, 1.82) is 0 Å². The first kappa shape index (κ1) is 14.2. The zero-order valence-corrected chi connectivity index (χ0v) is 10.9. The topological polar surface area (TPSA) is 37.3 Å². The summed E-state index contributed by atoms with van der Waals surface area (Å²) in [6.07, 6.45) is 0.159. The van der Waals surface area contributed by atoms with Crippen LogP contribution in [0, 0.1) is 11.6 Å². The predicted molar refractivity (Wildman–Crippen MR) is 71.5 cm³/mol. The van der Waals surface area contributed by atoms with Crippen molar-refractivity contribution in [3.63, 3.8) is 0 Å². The summed E-state index contributed by atoms with van der Waals surface area (Å²) in [5, 5.41) is 9.50. The van der Waals surface area contributed by atoms with Crippen molar-refractivity contribution in [3.05, 3.63) is 71.3 Å². The lowest BCUT2D eigenvalue weighted by Crippen LogP contribution is -2.35. The van der Waals surface area contributed by atoms with Crippen molar-refractivity contribution >= 4 is 5.97 Å². The van der Waals surface area contributed by atoms with Crippen molar-refractivity contribution in [1.82, 2.24) is 0 Å². The Morgan fingerprint density at radius 1 is 1.10 bits per heavy atom. The molecule has 0 saturated carbocycles. The van der Waals surface area contributed by atoms with Crippen LogP contribution >= 0.6 is 0 Å². The van der Waals surface area contributed by atoms with Crippen LogP contribution in [0.25, 0.3) is 0 Å². The lowest BCUT2D eigenvalue weighted by molar-refractivity contribution is -0.143. The van der Waals surface area contributed by atoms with E-state index < -0.39 is 17.2 Å². The van der Waals surface area contributed by atoms with Gasteiger partial charge in [-0.15, -0.1) is 0 Å². The monoisotopic (exact) mass is 276 g/mol. The van der Waals surface area contributed by atoms with Crippen LogP contribution in [0.5, 0.6) is 0 Å². The Morgan fingerprint density at radius 2 is 1.75 bits per heavy atom. The molecule has 0 aliphatic carbocycles. The minimum absolute atomic E-state index is 0.159. The molecule has 1 unspecified atom stereocenters. The lowest BCUT2D eigenvalue weighted by Gasteiger charge is -2.25. The Bertz CT molecular complexity index is 623. The van der Waals surface area contributed by atoms with Gasteiger partial charge in [-0.2, -0.15) is 0 Å². The van der Waals surface area contributed by atoms with E-state index in [1.807, 2.05) is 0 Å². The van der Waals surface area contributed by atoms with Crippen LogP contribution in [0.1, 0.15) is 18.1 Å². The van der Waals surface area contributed by atoms with Crippen molar-refractivity contribution in [3.8, 4) is 0 Å². The number of hydrogen-bond acceptors (Lipinski definition) is 1. The molecule has 0 radical (unpaired) electrons. The Balaban J connectivity index is 2.39. The van der Waals surface area contributed by atoms with Gasteiger partial charge in [-0.1, -0.05) is 24.3 Å². The zero-order chi connectivity index (χ0) is 14.8. The maximum atomic E-state index is 13.3. The number of aliphatic carboxylic acids is 1. The maximum Gasteiger partial charge on any atom is 0.314 e. The molecule has 2 aromatic carbocycles. The van der Waals surface area contributed by atoms with Crippen LogP contribution in [0.3, 0.4) is 0 Å². The highest BCUT2D eigenvalue weighted by atomic mass is 19.1. The highest BCUT2D eigenvalue weighted by Crippen LogP contribution is 2.29. The molecule has 0 aliphatic rings. The molecule has 2 rings (SSSR count). The third kappa shape index (κ3) is 2.85. The molecule has 0 fully saturated rings. The second-order valence-electron chi connectivity index (χ2n) is 4.95. The van der Waals surface area contributed by atoms with Gasteiger partial charge in [-0.25, -0.2) is 8.78 Å². The van der Waals surface area contributed by atoms with Gasteiger partial charge in [0.05, 0.1) is 5.41 Å². The van der Waals surface area contributed by atoms with E-state index in [1.54, 1.807) is 6.07 Å². The number of benzene rings is 2. The van der Waals surface area contributed by atoms with Crippen LogP contribution in [-0.2, 0) is 16.6 Å². The largest absolute Gasteiger partial charge is 0.481 e. The van der Waals surface area contributed by atoms with Crippen molar-refractivity contribution in [2.75, 3.05) is 0 Å².